The maximum Gasteiger partial charge on any atom is 0.412 e. The van der Waals surface area contributed by atoms with Crippen LogP contribution in [0, 0.1) is 0 Å². The molecule has 0 radical (unpaired) electrons. The molecule has 0 aliphatic rings. The molecule has 1 heterocycles. The Morgan fingerprint density at radius 3 is 2.69 bits per heavy atom. The van der Waals surface area contributed by atoms with Crippen molar-refractivity contribution in [2.75, 3.05) is 13.7 Å². The largest absolute Gasteiger partial charge is 0.497 e. The normalized spacial score (nSPS) is 10.3. The number of carbonyl (C=O) groups is 1. The fourth-order valence-corrected chi connectivity index (χ4v) is 2.53. The molecule has 0 aliphatic carbocycles. The SMILES string of the molecule is COc1cccc(CCNC(=O)Oc2cnn(Cc3ccccc3)c2)c1. The molecule has 0 aliphatic heterocycles. The first-order valence-electron chi connectivity index (χ1n) is 8.38. The number of ether oxygens (including phenoxy) is 2. The third-order valence-electron chi connectivity index (χ3n) is 3.82. The molecule has 0 atom stereocenters. The molecular weight excluding hydrogens is 330 g/mol. The zero-order valence-corrected chi connectivity index (χ0v) is 14.6. The molecule has 6 heteroatoms. The van der Waals surface area contributed by atoms with Gasteiger partial charge < -0.3 is 14.8 Å². The van der Waals surface area contributed by atoms with Gasteiger partial charge >= 0.3 is 6.09 Å². The molecule has 0 bridgehead atoms. The third kappa shape index (κ3) is 5.11. The summed E-state index contributed by atoms with van der Waals surface area (Å²) in [7, 11) is 1.63. The van der Waals surface area contributed by atoms with Gasteiger partial charge in [-0.1, -0.05) is 42.5 Å². The summed E-state index contributed by atoms with van der Waals surface area (Å²) in [5.41, 5.74) is 2.21. The summed E-state index contributed by atoms with van der Waals surface area (Å²) in [6.45, 7) is 1.10. The smallest absolute Gasteiger partial charge is 0.412 e. The summed E-state index contributed by atoms with van der Waals surface area (Å²) in [6, 6.07) is 17.7. The summed E-state index contributed by atoms with van der Waals surface area (Å²) in [6.07, 6.45) is 3.44. The topological polar surface area (TPSA) is 65.4 Å². The number of hydrogen-bond acceptors (Lipinski definition) is 4. The predicted molar refractivity (Wildman–Crippen MR) is 98.5 cm³/mol. The molecule has 0 saturated carbocycles. The highest BCUT2D eigenvalue weighted by Crippen LogP contribution is 2.13. The molecular formula is C20H21N3O3. The van der Waals surface area contributed by atoms with Crippen LogP contribution in [0.3, 0.4) is 0 Å². The van der Waals surface area contributed by atoms with E-state index < -0.39 is 6.09 Å². The first kappa shape index (κ1) is 17.5. The van der Waals surface area contributed by atoms with Gasteiger partial charge in [-0.25, -0.2) is 4.79 Å². The molecule has 26 heavy (non-hydrogen) atoms. The van der Waals surface area contributed by atoms with E-state index in [9.17, 15) is 4.79 Å². The lowest BCUT2D eigenvalue weighted by molar-refractivity contribution is 0.200. The molecule has 6 nitrogen and oxygen atoms in total. The van der Waals surface area contributed by atoms with Gasteiger partial charge in [0.25, 0.3) is 0 Å². The second kappa shape index (κ2) is 8.71. The third-order valence-corrected chi connectivity index (χ3v) is 3.82. The summed E-state index contributed by atoms with van der Waals surface area (Å²) in [4.78, 5) is 11.9. The maximum atomic E-state index is 11.9. The van der Waals surface area contributed by atoms with E-state index in [1.807, 2.05) is 54.6 Å². The van der Waals surface area contributed by atoms with E-state index in [1.165, 1.54) is 6.20 Å². The number of hydrogen-bond donors (Lipinski definition) is 1. The minimum absolute atomic E-state index is 0.416. The lowest BCUT2D eigenvalue weighted by Gasteiger charge is -2.06. The van der Waals surface area contributed by atoms with Crippen molar-refractivity contribution >= 4 is 6.09 Å². The van der Waals surface area contributed by atoms with Crippen molar-refractivity contribution in [3.05, 3.63) is 78.1 Å². The number of nitrogens with zero attached hydrogens (tertiary/aromatic N) is 2. The first-order chi connectivity index (χ1) is 12.7. The summed E-state index contributed by atoms with van der Waals surface area (Å²) in [5, 5.41) is 6.95. The minimum Gasteiger partial charge on any atom is -0.497 e. The fourth-order valence-electron chi connectivity index (χ4n) is 2.53. The zero-order valence-electron chi connectivity index (χ0n) is 14.6. The number of rotatable bonds is 7. The van der Waals surface area contributed by atoms with Gasteiger partial charge in [-0.2, -0.15) is 5.10 Å². The lowest BCUT2D eigenvalue weighted by Crippen LogP contribution is -2.28. The number of amides is 1. The Labute approximate surface area is 152 Å². The van der Waals surface area contributed by atoms with E-state index in [0.29, 0.717) is 25.3 Å². The molecule has 3 rings (SSSR count). The van der Waals surface area contributed by atoms with Crippen LogP contribution in [0.25, 0.3) is 0 Å². The van der Waals surface area contributed by atoms with E-state index >= 15 is 0 Å². The quantitative estimate of drug-likeness (QED) is 0.709. The Hall–Kier alpha value is -3.28. The van der Waals surface area contributed by atoms with E-state index in [-0.39, 0.29) is 0 Å². The van der Waals surface area contributed by atoms with E-state index in [1.54, 1.807) is 18.0 Å². The Bertz CT molecular complexity index is 846. The van der Waals surface area contributed by atoms with E-state index in [2.05, 4.69) is 10.4 Å². The molecule has 0 fully saturated rings. The Morgan fingerprint density at radius 1 is 1.08 bits per heavy atom. The van der Waals surface area contributed by atoms with Crippen molar-refractivity contribution in [2.24, 2.45) is 0 Å². The Kier molecular flexibility index (Phi) is 5.88. The monoisotopic (exact) mass is 351 g/mol. The highest BCUT2D eigenvalue weighted by molar-refractivity contribution is 5.70. The van der Waals surface area contributed by atoms with Gasteiger partial charge in [-0.05, 0) is 29.7 Å². The van der Waals surface area contributed by atoms with Crippen molar-refractivity contribution in [1.29, 1.82) is 0 Å². The van der Waals surface area contributed by atoms with Gasteiger partial charge in [-0.15, -0.1) is 0 Å². The van der Waals surface area contributed by atoms with Crippen molar-refractivity contribution in [3.63, 3.8) is 0 Å². The molecule has 0 unspecified atom stereocenters. The van der Waals surface area contributed by atoms with Crippen LogP contribution >= 0.6 is 0 Å². The van der Waals surface area contributed by atoms with Crippen LogP contribution in [0.1, 0.15) is 11.1 Å². The number of carbonyl (C=O) groups excluding carboxylic acids is 1. The average Bonchev–Trinajstić information content (AvgIpc) is 3.09. The zero-order chi connectivity index (χ0) is 18.2. The molecule has 1 amide bonds. The van der Waals surface area contributed by atoms with Crippen molar-refractivity contribution in [3.8, 4) is 11.5 Å². The highest BCUT2D eigenvalue weighted by atomic mass is 16.6. The van der Waals surface area contributed by atoms with Gasteiger partial charge in [0.2, 0.25) is 0 Å². The summed E-state index contributed by atoms with van der Waals surface area (Å²) >= 11 is 0. The average molecular weight is 351 g/mol. The fraction of sp³-hybridized carbons (Fsp3) is 0.200. The van der Waals surface area contributed by atoms with Gasteiger partial charge in [0, 0.05) is 6.54 Å². The molecule has 3 aromatic rings. The van der Waals surface area contributed by atoms with E-state index in [4.69, 9.17) is 9.47 Å². The van der Waals surface area contributed by atoms with Crippen LogP contribution in [-0.4, -0.2) is 29.5 Å². The van der Waals surface area contributed by atoms with Gasteiger partial charge in [-0.3, -0.25) is 4.68 Å². The van der Waals surface area contributed by atoms with Gasteiger partial charge in [0.1, 0.15) is 5.75 Å². The molecule has 2 aromatic carbocycles. The standard InChI is InChI=1S/C20H21N3O3/c1-25-18-9-5-8-16(12-18)10-11-21-20(24)26-19-13-22-23(15-19)14-17-6-3-2-4-7-17/h2-9,12-13,15H,10-11,14H2,1H3,(H,21,24). The van der Waals surface area contributed by atoms with Crippen LogP contribution < -0.4 is 14.8 Å². The van der Waals surface area contributed by atoms with Crippen LogP contribution in [-0.2, 0) is 13.0 Å². The first-order valence-corrected chi connectivity index (χ1v) is 8.38. The number of methoxy groups -OCH3 is 1. The predicted octanol–water partition coefficient (Wildman–Crippen LogP) is 3.27. The van der Waals surface area contributed by atoms with Gasteiger partial charge in [0.15, 0.2) is 5.75 Å². The Balaban J connectivity index is 1.45. The van der Waals surface area contributed by atoms with Crippen LogP contribution in [0.15, 0.2) is 67.0 Å². The maximum absolute atomic E-state index is 11.9. The Morgan fingerprint density at radius 2 is 1.88 bits per heavy atom. The summed E-state index contributed by atoms with van der Waals surface area (Å²) < 4.78 is 12.2. The molecule has 1 N–H and O–H groups in total. The molecule has 1 aromatic heterocycles. The number of benzene rings is 2. The molecule has 134 valence electrons. The van der Waals surface area contributed by atoms with Crippen LogP contribution in [0.5, 0.6) is 11.5 Å². The second-order valence-corrected chi connectivity index (χ2v) is 5.78. The minimum atomic E-state index is -0.493. The number of aromatic nitrogens is 2. The van der Waals surface area contributed by atoms with Gasteiger partial charge in [0.05, 0.1) is 26.0 Å². The van der Waals surface area contributed by atoms with Crippen molar-refractivity contribution in [2.45, 2.75) is 13.0 Å². The molecule has 0 saturated heterocycles. The lowest BCUT2D eigenvalue weighted by atomic mass is 10.1. The van der Waals surface area contributed by atoms with Crippen molar-refractivity contribution < 1.29 is 14.3 Å². The van der Waals surface area contributed by atoms with Crippen LogP contribution in [0.2, 0.25) is 0 Å². The highest BCUT2D eigenvalue weighted by Gasteiger charge is 2.07. The molecule has 0 spiro atoms. The van der Waals surface area contributed by atoms with Crippen molar-refractivity contribution in [1.82, 2.24) is 15.1 Å². The van der Waals surface area contributed by atoms with E-state index in [0.717, 1.165) is 16.9 Å². The second-order valence-electron chi connectivity index (χ2n) is 5.78. The summed E-state index contributed by atoms with van der Waals surface area (Å²) in [5.74, 6) is 1.22. The number of nitrogens with one attached hydrogen (secondary N) is 1. The van der Waals surface area contributed by atoms with Crippen LogP contribution in [0.4, 0.5) is 4.79 Å².